The van der Waals surface area contributed by atoms with Crippen molar-refractivity contribution in [3.05, 3.63) is 30.0 Å². The second-order valence-electron chi connectivity index (χ2n) is 4.05. The van der Waals surface area contributed by atoms with Crippen LogP contribution in [0.2, 0.25) is 0 Å². The van der Waals surface area contributed by atoms with E-state index in [1.165, 1.54) is 0 Å². The number of carboxylic acid groups (broad SMARTS) is 1. The molecule has 0 unspecified atom stereocenters. The van der Waals surface area contributed by atoms with Crippen LogP contribution in [0.1, 0.15) is 10.5 Å². The summed E-state index contributed by atoms with van der Waals surface area (Å²) >= 11 is 1.56. The number of aryl methyl sites for hydroxylation is 1. The van der Waals surface area contributed by atoms with Gasteiger partial charge in [0.25, 0.3) is 0 Å². The molecular weight excluding hydrogens is 250 g/mol. The maximum atomic E-state index is 11.1. The molecule has 18 heavy (non-hydrogen) atoms. The van der Waals surface area contributed by atoms with Crippen LogP contribution < -0.4 is 4.74 Å². The first-order valence-corrected chi connectivity index (χ1v) is 6.23. The van der Waals surface area contributed by atoms with Crippen LogP contribution in [0.25, 0.3) is 20.3 Å². The van der Waals surface area contributed by atoms with Crippen molar-refractivity contribution in [2.45, 2.75) is 0 Å². The van der Waals surface area contributed by atoms with Crippen LogP contribution in [-0.2, 0) is 7.05 Å². The van der Waals surface area contributed by atoms with Crippen LogP contribution in [0.5, 0.6) is 5.75 Å². The number of thiophene rings is 1. The van der Waals surface area contributed by atoms with Gasteiger partial charge in [-0.25, -0.2) is 4.79 Å². The molecule has 0 aliphatic rings. The van der Waals surface area contributed by atoms with E-state index in [0.717, 1.165) is 26.1 Å². The van der Waals surface area contributed by atoms with Crippen molar-refractivity contribution in [3.8, 4) is 5.75 Å². The van der Waals surface area contributed by atoms with Crippen LogP contribution in [0.3, 0.4) is 0 Å². The summed E-state index contributed by atoms with van der Waals surface area (Å²) in [6, 6.07) is 7.53. The molecule has 0 aliphatic heterocycles. The minimum absolute atomic E-state index is 0.306. The molecule has 3 rings (SSSR count). The Hall–Kier alpha value is -2.01. The average Bonchev–Trinajstić information content (AvgIpc) is 2.86. The zero-order valence-electron chi connectivity index (χ0n) is 9.93. The molecule has 0 atom stereocenters. The lowest BCUT2D eigenvalue weighted by atomic mass is 10.2. The summed E-state index contributed by atoms with van der Waals surface area (Å²) in [4.78, 5) is 11.1. The van der Waals surface area contributed by atoms with Gasteiger partial charge in [0.2, 0.25) is 0 Å². The first-order valence-electron chi connectivity index (χ1n) is 5.41. The van der Waals surface area contributed by atoms with Gasteiger partial charge in [0.15, 0.2) is 0 Å². The quantitative estimate of drug-likeness (QED) is 0.771. The highest BCUT2D eigenvalue weighted by Gasteiger charge is 2.17. The Morgan fingerprint density at radius 2 is 2.22 bits per heavy atom. The monoisotopic (exact) mass is 261 g/mol. The second kappa shape index (κ2) is 3.74. The summed E-state index contributed by atoms with van der Waals surface area (Å²) < 4.78 is 9.07. The van der Waals surface area contributed by atoms with Gasteiger partial charge in [-0.3, -0.25) is 0 Å². The molecule has 0 fully saturated rings. The van der Waals surface area contributed by atoms with E-state index < -0.39 is 5.97 Å². The van der Waals surface area contributed by atoms with E-state index in [2.05, 4.69) is 0 Å². The molecule has 0 spiro atoms. The highest BCUT2D eigenvalue weighted by atomic mass is 32.1. The minimum Gasteiger partial charge on any atom is -0.495 e. The third kappa shape index (κ3) is 1.34. The predicted molar refractivity (Wildman–Crippen MR) is 71.8 cm³/mol. The maximum absolute atomic E-state index is 11.1. The van der Waals surface area contributed by atoms with Crippen LogP contribution in [-0.4, -0.2) is 22.8 Å². The predicted octanol–water partition coefficient (Wildman–Crippen LogP) is 3.10. The Balaban J connectivity index is 2.45. The zero-order chi connectivity index (χ0) is 12.9. The van der Waals surface area contributed by atoms with Crippen LogP contribution >= 0.6 is 11.3 Å². The molecule has 1 N–H and O–H groups in total. The normalized spacial score (nSPS) is 11.2. The summed E-state index contributed by atoms with van der Waals surface area (Å²) in [5.41, 5.74) is 1.26. The highest BCUT2D eigenvalue weighted by molar-refractivity contribution is 7.26. The Labute approximate surface area is 107 Å². The number of hydrogen-bond acceptors (Lipinski definition) is 3. The molecule has 2 heterocycles. The molecule has 0 aliphatic carbocycles. The van der Waals surface area contributed by atoms with Gasteiger partial charge in [-0.1, -0.05) is 12.1 Å². The number of ether oxygens (including phenoxy) is 1. The molecule has 0 amide bonds. The number of carbonyl (C=O) groups is 1. The Bertz CT molecular complexity index is 769. The summed E-state index contributed by atoms with van der Waals surface area (Å²) in [6.45, 7) is 0. The SMILES string of the molecule is COc1cccc2c1sc1cc(C(=O)O)n(C)c12. The molecule has 4 nitrogen and oxygen atoms in total. The third-order valence-corrected chi connectivity index (χ3v) is 4.24. The van der Waals surface area contributed by atoms with Crippen molar-refractivity contribution in [3.63, 3.8) is 0 Å². The molecule has 0 bridgehead atoms. The third-order valence-electron chi connectivity index (χ3n) is 3.08. The summed E-state index contributed by atoms with van der Waals surface area (Å²) in [5, 5.41) is 10.1. The van der Waals surface area contributed by atoms with Crippen LogP contribution in [0, 0.1) is 0 Å². The lowest BCUT2D eigenvalue weighted by Crippen LogP contribution is -2.03. The van der Waals surface area contributed by atoms with Crippen molar-refractivity contribution < 1.29 is 14.6 Å². The number of rotatable bonds is 2. The van der Waals surface area contributed by atoms with Gasteiger partial charge >= 0.3 is 5.97 Å². The van der Waals surface area contributed by atoms with E-state index in [4.69, 9.17) is 9.84 Å². The van der Waals surface area contributed by atoms with Gasteiger partial charge in [-0.2, -0.15) is 0 Å². The van der Waals surface area contributed by atoms with E-state index in [0.29, 0.717) is 5.69 Å². The first-order chi connectivity index (χ1) is 8.63. The molecular formula is C13H11NO3S. The van der Waals surface area contributed by atoms with Crippen LogP contribution in [0.4, 0.5) is 0 Å². The Morgan fingerprint density at radius 3 is 2.89 bits per heavy atom. The molecule has 3 aromatic rings. The van der Waals surface area contributed by atoms with Gasteiger partial charge in [0, 0.05) is 12.4 Å². The molecule has 0 saturated carbocycles. The first kappa shape index (κ1) is 11.1. The van der Waals surface area contributed by atoms with E-state index >= 15 is 0 Å². The molecule has 1 aromatic carbocycles. The molecule has 0 saturated heterocycles. The summed E-state index contributed by atoms with van der Waals surface area (Å²) in [7, 11) is 3.42. The van der Waals surface area contributed by atoms with E-state index in [1.807, 2.05) is 18.2 Å². The molecule has 5 heteroatoms. The number of fused-ring (bicyclic) bond motifs is 3. The highest BCUT2D eigenvalue weighted by Crippen LogP contribution is 2.40. The number of aromatic carboxylic acids is 1. The van der Waals surface area contributed by atoms with Crippen molar-refractivity contribution in [2.24, 2.45) is 7.05 Å². The topological polar surface area (TPSA) is 51.5 Å². The van der Waals surface area contributed by atoms with Gasteiger partial charge in [-0.05, 0) is 12.1 Å². The van der Waals surface area contributed by atoms with E-state index in [9.17, 15) is 4.79 Å². The Morgan fingerprint density at radius 1 is 1.44 bits per heavy atom. The van der Waals surface area contributed by atoms with Crippen molar-refractivity contribution >= 4 is 37.6 Å². The zero-order valence-corrected chi connectivity index (χ0v) is 10.7. The van der Waals surface area contributed by atoms with Gasteiger partial charge in [-0.15, -0.1) is 11.3 Å². The van der Waals surface area contributed by atoms with Gasteiger partial charge < -0.3 is 14.4 Å². The average molecular weight is 261 g/mol. The van der Waals surface area contributed by atoms with Gasteiger partial charge in [0.05, 0.1) is 22.0 Å². The molecule has 0 radical (unpaired) electrons. The van der Waals surface area contributed by atoms with E-state index in [1.54, 1.807) is 36.1 Å². The number of benzene rings is 1. The fraction of sp³-hybridized carbons (Fsp3) is 0.154. The minimum atomic E-state index is -0.906. The standard InChI is InChI=1S/C13H11NO3S/c1-14-8(13(15)16)6-10-11(14)7-4-3-5-9(17-2)12(7)18-10/h3-6H,1-2H3,(H,15,16). The smallest absolute Gasteiger partial charge is 0.352 e. The summed E-state index contributed by atoms with van der Waals surface area (Å²) in [5.74, 6) is -0.0810. The molecule has 2 aromatic heterocycles. The van der Waals surface area contributed by atoms with Crippen LogP contribution in [0.15, 0.2) is 24.3 Å². The number of hydrogen-bond donors (Lipinski definition) is 1. The summed E-state index contributed by atoms with van der Waals surface area (Å²) in [6.07, 6.45) is 0. The maximum Gasteiger partial charge on any atom is 0.352 e. The largest absolute Gasteiger partial charge is 0.495 e. The second-order valence-corrected chi connectivity index (χ2v) is 5.10. The lowest BCUT2D eigenvalue weighted by molar-refractivity contribution is 0.0687. The number of nitrogens with zero attached hydrogens (tertiary/aromatic N) is 1. The lowest BCUT2D eigenvalue weighted by Gasteiger charge is -2.02. The van der Waals surface area contributed by atoms with Crippen molar-refractivity contribution in [2.75, 3.05) is 7.11 Å². The van der Waals surface area contributed by atoms with Gasteiger partial charge in [0.1, 0.15) is 11.4 Å². The number of methoxy groups -OCH3 is 1. The molecule has 92 valence electrons. The number of carboxylic acids is 1. The Kier molecular flexibility index (Phi) is 2.31. The fourth-order valence-corrected chi connectivity index (χ4v) is 3.51. The van der Waals surface area contributed by atoms with Crippen molar-refractivity contribution in [1.82, 2.24) is 4.57 Å². The number of aromatic nitrogens is 1. The van der Waals surface area contributed by atoms with E-state index in [-0.39, 0.29) is 0 Å². The van der Waals surface area contributed by atoms with Crippen molar-refractivity contribution in [1.29, 1.82) is 0 Å². The fourth-order valence-electron chi connectivity index (χ4n) is 2.25.